The van der Waals surface area contributed by atoms with Gasteiger partial charge in [-0.05, 0) is 6.42 Å². The summed E-state index contributed by atoms with van der Waals surface area (Å²) >= 11 is 0. The summed E-state index contributed by atoms with van der Waals surface area (Å²) in [4.78, 5) is 21.5. The van der Waals surface area contributed by atoms with Crippen LogP contribution < -0.4 is 0 Å². The number of aliphatic carboxylic acids is 1. The standard InChI is InChI=1S/C17H32O3/c1-2-3-4-5-6-7-8-9-10-11-12-13-14-16(18)15-17(19)20/h2-15H2,1H3,(H,19,20). The second kappa shape index (κ2) is 14.5. The number of carboxylic acids is 1. The molecule has 0 amide bonds. The maximum absolute atomic E-state index is 11.2. The van der Waals surface area contributed by atoms with Gasteiger partial charge in [0.05, 0.1) is 0 Å². The van der Waals surface area contributed by atoms with Crippen molar-refractivity contribution in [3.8, 4) is 0 Å². The molecule has 0 unspecified atom stereocenters. The first-order valence-corrected chi connectivity index (χ1v) is 8.40. The molecule has 0 spiro atoms. The zero-order chi connectivity index (χ0) is 15.1. The highest BCUT2D eigenvalue weighted by molar-refractivity contribution is 5.94. The molecule has 1 N–H and O–H groups in total. The van der Waals surface area contributed by atoms with Crippen LogP contribution in [0.2, 0.25) is 0 Å². The highest BCUT2D eigenvalue weighted by Crippen LogP contribution is 2.12. The fourth-order valence-electron chi connectivity index (χ4n) is 2.42. The van der Waals surface area contributed by atoms with Gasteiger partial charge < -0.3 is 5.11 Å². The van der Waals surface area contributed by atoms with Gasteiger partial charge in [-0.1, -0.05) is 77.6 Å². The minimum Gasteiger partial charge on any atom is -0.481 e. The van der Waals surface area contributed by atoms with Crippen LogP contribution in [0.25, 0.3) is 0 Å². The van der Waals surface area contributed by atoms with Crippen LogP contribution >= 0.6 is 0 Å². The first-order chi connectivity index (χ1) is 9.66. The molecule has 0 aliphatic carbocycles. The molecule has 3 heteroatoms. The fraction of sp³-hybridized carbons (Fsp3) is 0.882. The van der Waals surface area contributed by atoms with E-state index in [2.05, 4.69) is 6.92 Å². The lowest BCUT2D eigenvalue weighted by atomic mass is 10.0. The highest BCUT2D eigenvalue weighted by Gasteiger charge is 2.06. The molecule has 0 saturated heterocycles. The second-order valence-electron chi connectivity index (χ2n) is 5.75. The van der Waals surface area contributed by atoms with Crippen LogP contribution in [-0.4, -0.2) is 16.9 Å². The summed E-state index contributed by atoms with van der Waals surface area (Å²) < 4.78 is 0. The van der Waals surface area contributed by atoms with Gasteiger partial charge in [0, 0.05) is 6.42 Å². The van der Waals surface area contributed by atoms with E-state index >= 15 is 0 Å². The Morgan fingerprint density at radius 2 is 1.10 bits per heavy atom. The molecule has 0 aliphatic rings. The third-order valence-corrected chi connectivity index (χ3v) is 3.66. The van der Waals surface area contributed by atoms with Gasteiger partial charge in [-0.25, -0.2) is 0 Å². The van der Waals surface area contributed by atoms with Crippen LogP contribution in [0.5, 0.6) is 0 Å². The monoisotopic (exact) mass is 284 g/mol. The van der Waals surface area contributed by atoms with E-state index in [-0.39, 0.29) is 12.2 Å². The minimum atomic E-state index is -1.01. The van der Waals surface area contributed by atoms with Crippen LogP contribution in [0.4, 0.5) is 0 Å². The van der Waals surface area contributed by atoms with Gasteiger partial charge in [-0.2, -0.15) is 0 Å². The average molecular weight is 284 g/mol. The lowest BCUT2D eigenvalue weighted by molar-refractivity contribution is -0.140. The van der Waals surface area contributed by atoms with Crippen molar-refractivity contribution in [1.29, 1.82) is 0 Å². The molecule has 0 aromatic carbocycles. The van der Waals surface area contributed by atoms with Crippen molar-refractivity contribution in [3.05, 3.63) is 0 Å². The van der Waals surface area contributed by atoms with E-state index in [1.807, 2.05) is 0 Å². The average Bonchev–Trinajstić information content (AvgIpc) is 2.39. The molecule has 0 saturated carbocycles. The number of Topliss-reactive ketones (excluding diaryl/α,β-unsaturated/α-hetero) is 1. The smallest absolute Gasteiger partial charge is 0.310 e. The number of hydrogen-bond acceptors (Lipinski definition) is 2. The molecule has 0 heterocycles. The van der Waals surface area contributed by atoms with E-state index in [0.29, 0.717) is 6.42 Å². The van der Waals surface area contributed by atoms with Crippen molar-refractivity contribution < 1.29 is 14.7 Å². The van der Waals surface area contributed by atoms with E-state index in [1.54, 1.807) is 0 Å². The van der Waals surface area contributed by atoms with Gasteiger partial charge >= 0.3 is 5.97 Å². The first-order valence-electron chi connectivity index (χ1n) is 8.40. The Balaban J connectivity index is 3.09. The molecule has 0 aromatic rings. The summed E-state index contributed by atoms with van der Waals surface area (Å²) in [6.45, 7) is 2.25. The molecule has 3 nitrogen and oxygen atoms in total. The highest BCUT2D eigenvalue weighted by atomic mass is 16.4. The number of carbonyl (C=O) groups excluding carboxylic acids is 1. The van der Waals surface area contributed by atoms with Crippen LogP contribution in [0, 0.1) is 0 Å². The van der Waals surface area contributed by atoms with Gasteiger partial charge in [-0.15, -0.1) is 0 Å². The normalized spacial score (nSPS) is 10.7. The van der Waals surface area contributed by atoms with E-state index in [0.717, 1.165) is 12.8 Å². The Bertz CT molecular complexity index is 249. The Hall–Kier alpha value is -0.860. The molecule has 0 rings (SSSR count). The van der Waals surface area contributed by atoms with Gasteiger partial charge in [0.2, 0.25) is 0 Å². The number of ketones is 1. The maximum Gasteiger partial charge on any atom is 0.310 e. The van der Waals surface area contributed by atoms with Crippen molar-refractivity contribution >= 4 is 11.8 Å². The van der Waals surface area contributed by atoms with Crippen LogP contribution in [0.1, 0.15) is 96.8 Å². The quantitative estimate of drug-likeness (QED) is 0.335. The van der Waals surface area contributed by atoms with Gasteiger partial charge in [0.15, 0.2) is 0 Å². The van der Waals surface area contributed by atoms with Crippen molar-refractivity contribution in [2.24, 2.45) is 0 Å². The SMILES string of the molecule is CCCCCCCCCCCCCCC(=O)CC(=O)O. The van der Waals surface area contributed by atoms with Gasteiger partial charge in [0.1, 0.15) is 12.2 Å². The minimum absolute atomic E-state index is 0.135. The summed E-state index contributed by atoms with van der Waals surface area (Å²) in [5, 5.41) is 8.45. The molecule has 20 heavy (non-hydrogen) atoms. The predicted molar refractivity (Wildman–Crippen MR) is 83.0 cm³/mol. The Labute approximate surface area is 124 Å². The topological polar surface area (TPSA) is 54.4 Å². The molecule has 118 valence electrons. The lowest BCUT2D eigenvalue weighted by Gasteiger charge is -2.02. The number of hydrogen-bond donors (Lipinski definition) is 1. The largest absolute Gasteiger partial charge is 0.481 e. The Kier molecular flexibility index (Phi) is 13.9. The summed E-state index contributed by atoms with van der Waals surface area (Å²) in [7, 11) is 0. The Morgan fingerprint density at radius 3 is 1.50 bits per heavy atom. The van der Waals surface area contributed by atoms with E-state index in [4.69, 9.17) is 5.11 Å². The van der Waals surface area contributed by atoms with E-state index in [9.17, 15) is 9.59 Å². The molecule has 0 fully saturated rings. The summed E-state index contributed by atoms with van der Waals surface area (Å²) in [6.07, 6.45) is 15.3. The van der Waals surface area contributed by atoms with Gasteiger partial charge in [0.25, 0.3) is 0 Å². The molecule has 0 aromatic heterocycles. The van der Waals surface area contributed by atoms with Gasteiger partial charge in [-0.3, -0.25) is 9.59 Å². The van der Waals surface area contributed by atoms with Crippen LogP contribution in [0.15, 0.2) is 0 Å². The molecular formula is C17H32O3. The van der Waals surface area contributed by atoms with Crippen LogP contribution in [0.3, 0.4) is 0 Å². The van der Waals surface area contributed by atoms with E-state index < -0.39 is 5.97 Å². The number of unbranched alkanes of at least 4 members (excludes halogenated alkanes) is 11. The maximum atomic E-state index is 11.2. The summed E-state index contributed by atoms with van der Waals surface area (Å²) in [5.41, 5.74) is 0. The second-order valence-corrected chi connectivity index (χ2v) is 5.75. The van der Waals surface area contributed by atoms with Crippen molar-refractivity contribution in [2.75, 3.05) is 0 Å². The van der Waals surface area contributed by atoms with Crippen LogP contribution in [-0.2, 0) is 9.59 Å². The molecule has 0 aliphatic heterocycles. The molecule has 0 atom stereocenters. The van der Waals surface area contributed by atoms with Crippen molar-refractivity contribution in [3.63, 3.8) is 0 Å². The van der Waals surface area contributed by atoms with Crippen molar-refractivity contribution in [1.82, 2.24) is 0 Å². The molecule has 0 bridgehead atoms. The number of carboxylic acid groups (broad SMARTS) is 1. The summed E-state index contributed by atoms with van der Waals surface area (Å²) in [5.74, 6) is -1.14. The summed E-state index contributed by atoms with van der Waals surface area (Å²) in [6, 6.07) is 0. The zero-order valence-electron chi connectivity index (χ0n) is 13.2. The van der Waals surface area contributed by atoms with Crippen molar-refractivity contribution in [2.45, 2.75) is 96.8 Å². The van der Waals surface area contributed by atoms with E-state index in [1.165, 1.54) is 64.2 Å². The predicted octanol–water partition coefficient (Wildman–Crippen LogP) is 5.12. The number of rotatable bonds is 15. The number of carbonyl (C=O) groups is 2. The molecule has 0 radical (unpaired) electrons. The first kappa shape index (κ1) is 19.1. The lowest BCUT2D eigenvalue weighted by Crippen LogP contribution is -2.05. The Morgan fingerprint density at radius 1 is 0.700 bits per heavy atom. The third-order valence-electron chi connectivity index (χ3n) is 3.66. The zero-order valence-corrected chi connectivity index (χ0v) is 13.2. The third kappa shape index (κ3) is 15.2. The fourth-order valence-corrected chi connectivity index (χ4v) is 2.42. The molecular weight excluding hydrogens is 252 g/mol.